The van der Waals surface area contributed by atoms with Gasteiger partial charge in [0.25, 0.3) is 0 Å². The van der Waals surface area contributed by atoms with E-state index in [1.807, 2.05) is 6.08 Å². The van der Waals surface area contributed by atoms with E-state index in [0.29, 0.717) is 12.8 Å². The molecule has 0 saturated heterocycles. The zero-order valence-electron chi connectivity index (χ0n) is 9.74. The van der Waals surface area contributed by atoms with Gasteiger partial charge in [-0.1, -0.05) is 12.2 Å². The summed E-state index contributed by atoms with van der Waals surface area (Å²) >= 11 is 0. The van der Waals surface area contributed by atoms with Gasteiger partial charge in [0, 0.05) is 12.8 Å². The van der Waals surface area contributed by atoms with Crippen LogP contribution < -0.4 is 0 Å². The van der Waals surface area contributed by atoms with Crippen LogP contribution >= 0.6 is 0 Å². The molecule has 0 aromatic heterocycles. The topological polar surface area (TPSA) is 43.4 Å². The molecule has 3 heteroatoms. The Morgan fingerprint density at radius 1 is 0.875 bits per heavy atom. The van der Waals surface area contributed by atoms with Crippen molar-refractivity contribution < 1.29 is 14.3 Å². The predicted octanol–water partition coefficient (Wildman–Crippen LogP) is 3.16. The third kappa shape index (κ3) is 9.19. The van der Waals surface area contributed by atoms with Crippen molar-refractivity contribution in [1.82, 2.24) is 0 Å². The lowest BCUT2D eigenvalue weighted by Crippen LogP contribution is -2.11. The minimum atomic E-state index is -0.435. The molecule has 90 valence electrons. The van der Waals surface area contributed by atoms with E-state index in [-0.39, 0.29) is 6.42 Å². The monoisotopic (exact) mass is 224 g/mol. The second-order valence-electron chi connectivity index (χ2n) is 3.56. The Morgan fingerprint density at radius 2 is 1.38 bits per heavy atom. The summed E-state index contributed by atoms with van der Waals surface area (Å²) in [5.74, 6) is -0.858. The summed E-state index contributed by atoms with van der Waals surface area (Å²) in [5, 5.41) is 0. The van der Waals surface area contributed by atoms with Crippen LogP contribution in [-0.4, -0.2) is 11.9 Å². The summed E-state index contributed by atoms with van der Waals surface area (Å²) in [6.07, 6.45) is 8.13. The molecule has 0 rings (SSSR count). The number of carbonyl (C=O) groups is 2. The molecule has 0 aliphatic carbocycles. The van der Waals surface area contributed by atoms with Crippen molar-refractivity contribution in [2.24, 2.45) is 0 Å². The molecule has 0 aromatic rings. The van der Waals surface area contributed by atoms with E-state index in [0.717, 1.165) is 25.7 Å². The van der Waals surface area contributed by atoms with Crippen molar-refractivity contribution >= 4 is 11.9 Å². The molecule has 0 aliphatic rings. The van der Waals surface area contributed by atoms with Crippen molar-refractivity contribution in [2.75, 3.05) is 0 Å². The molecule has 0 aromatic carbocycles. The fourth-order valence-electron chi connectivity index (χ4n) is 1.18. The maximum atomic E-state index is 11.2. The number of unbranched alkanes of at least 4 members (excludes halogenated alkanes) is 3. The maximum Gasteiger partial charge on any atom is 0.313 e. The molecule has 0 saturated carbocycles. The summed E-state index contributed by atoms with van der Waals surface area (Å²) in [5.41, 5.74) is 0. The largest absolute Gasteiger partial charge is 0.393 e. The van der Waals surface area contributed by atoms with Gasteiger partial charge in [-0.15, -0.1) is 13.2 Å². The van der Waals surface area contributed by atoms with Crippen LogP contribution in [-0.2, 0) is 14.3 Å². The molecule has 0 spiro atoms. The van der Waals surface area contributed by atoms with E-state index in [1.165, 1.54) is 0 Å². The van der Waals surface area contributed by atoms with Crippen molar-refractivity contribution in [3.8, 4) is 0 Å². The first-order chi connectivity index (χ1) is 7.70. The van der Waals surface area contributed by atoms with Gasteiger partial charge in [0.2, 0.25) is 0 Å². The minimum absolute atomic E-state index is 0.282. The molecule has 0 aliphatic heterocycles. The van der Waals surface area contributed by atoms with E-state index in [2.05, 4.69) is 17.9 Å². The van der Waals surface area contributed by atoms with Crippen LogP contribution in [0.5, 0.6) is 0 Å². The Morgan fingerprint density at radius 3 is 1.94 bits per heavy atom. The lowest BCUT2D eigenvalue weighted by atomic mass is 10.2. The highest BCUT2D eigenvalue weighted by Crippen LogP contribution is 2.04. The molecular formula is C13H20O3. The molecule has 0 N–H and O–H groups in total. The Kier molecular flexibility index (Phi) is 9.27. The SMILES string of the molecule is C=CCCCCC(=O)OC(=O)CCCC=C. The zero-order valence-corrected chi connectivity index (χ0v) is 9.74. The molecule has 16 heavy (non-hydrogen) atoms. The summed E-state index contributed by atoms with van der Waals surface area (Å²) in [7, 11) is 0. The first-order valence-electron chi connectivity index (χ1n) is 5.66. The van der Waals surface area contributed by atoms with Crippen LogP contribution in [0.1, 0.15) is 44.9 Å². The van der Waals surface area contributed by atoms with Gasteiger partial charge in [-0.25, -0.2) is 0 Å². The Bertz CT molecular complexity index is 244. The second-order valence-corrected chi connectivity index (χ2v) is 3.56. The van der Waals surface area contributed by atoms with Crippen LogP contribution in [0.4, 0.5) is 0 Å². The van der Waals surface area contributed by atoms with Crippen LogP contribution in [0.2, 0.25) is 0 Å². The Labute approximate surface area is 97.2 Å². The van der Waals surface area contributed by atoms with Crippen LogP contribution in [0, 0.1) is 0 Å². The maximum absolute atomic E-state index is 11.2. The number of esters is 2. The first kappa shape index (κ1) is 14.6. The molecule has 0 fully saturated rings. The van der Waals surface area contributed by atoms with Gasteiger partial charge in [-0.05, 0) is 32.1 Å². The van der Waals surface area contributed by atoms with Gasteiger partial charge >= 0.3 is 11.9 Å². The summed E-state index contributed by atoms with van der Waals surface area (Å²) in [4.78, 5) is 22.3. The summed E-state index contributed by atoms with van der Waals surface area (Å²) in [6.45, 7) is 7.14. The van der Waals surface area contributed by atoms with Gasteiger partial charge in [0.1, 0.15) is 0 Å². The van der Waals surface area contributed by atoms with E-state index in [9.17, 15) is 9.59 Å². The molecule has 0 amide bonds. The van der Waals surface area contributed by atoms with Gasteiger partial charge in [-0.2, -0.15) is 0 Å². The van der Waals surface area contributed by atoms with Crippen LogP contribution in [0.3, 0.4) is 0 Å². The van der Waals surface area contributed by atoms with Crippen LogP contribution in [0.25, 0.3) is 0 Å². The van der Waals surface area contributed by atoms with Gasteiger partial charge < -0.3 is 4.74 Å². The third-order valence-corrected chi connectivity index (χ3v) is 2.06. The fraction of sp³-hybridized carbons (Fsp3) is 0.538. The smallest absolute Gasteiger partial charge is 0.313 e. The van der Waals surface area contributed by atoms with E-state index < -0.39 is 11.9 Å². The van der Waals surface area contributed by atoms with Crippen LogP contribution in [0.15, 0.2) is 25.3 Å². The lowest BCUT2D eigenvalue weighted by molar-refractivity contribution is -0.159. The van der Waals surface area contributed by atoms with E-state index in [1.54, 1.807) is 6.08 Å². The molecule has 0 radical (unpaired) electrons. The van der Waals surface area contributed by atoms with Crippen molar-refractivity contribution in [2.45, 2.75) is 44.9 Å². The van der Waals surface area contributed by atoms with E-state index in [4.69, 9.17) is 0 Å². The third-order valence-electron chi connectivity index (χ3n) is 2.06. The Hall–Kier alpha value is -1.38. The number of ether oxygens (including phenoxy) is 1. The average molecular weight is 224 g/mol. The standard InChI is InChI=1S/C13H20O3/c1-3-5-7-9-11-13(15)16-12(14)10-8-6-4-2/h3-4H,1-2,5-11H2. The van der Waals surface area contributed by atoms with Crippen molar-refractivity contribution in [3.63, 3.8) is 0 Å². The minimum Gasteiger partial charge on any atom is -0.393 e. The highest BCUT2D eigenvalue weighted by atomic mass is 16.6. The molecular weight excluding hydrogens is 204 g/mol. The lowest BCUT2D eigenvalue weighted by Gasteiger charge is -2.01. The van der Waals surface area contributed by atoms with Crippen molar-refractivity contribution in [3.05, 3.63) is 25.3 Å². The number of hydrogen-bond acceptors (Lipinski definition) is 3. The van der Waals surface area contributed by atoms with Gasteiger partial charge in [0.15, 0.2) is 0 Å². The second kappa shape index (κ2) is 10.1. The van der Waals surface area contributed by atoms with Gasteiger partial charge in [-0.3, -0.25) is 9.59 Å². The van der Waals surface area contributed by atoms with Gasteiger partial charge in [0.05, 0.1) is 0 Å². The quantitative estimate of drug-likeness (QED) is 0.261. The predicted molar refractivity (Wildman–Crippen MR) is 63.8 cm³/mol. The van der Waals surface area contributed by atoms with E-state index >= 15 is 0 Å². The molecule has 0 unspecified atom stereocenters. The summed E-state index contributed by atoms with van der Waals surface area (Å²) < 4.78 is 4.64. The highest BCUT2D eigenvalue weighted by molar-refractivity contribution is 5.85. The molecule has 3 nitrogen and oxygen atoms in total. The highest BCUT2D eigenvalue weighted by Gasteiger charge is 2.08. The number of allylic oxidation sites excluding steroid dienone is 2. The van der Waals surface area contributed by atoms with Crippen molar-refractivity contribution in [1.29, 1.82) is 0 Å². The normalized spacial score (nSPS) is 9.50. The first-order valence-corrected chi connectivity index (χ1v) is 5.66. The number of carbonyl (C=O) groups excluding carboxylic acids is 2. The number of hydrogen-bond donors (Lipinski definition) is 0. The zero-order chi connectivity index (χ0) is 12.2. The average Bonchev–Trinajstić information content (AvgIpc) is 2.25. The molecule has 0 atom stereocenters. The Balaban J connectivity index is 3.50. The molecule has 0 bridgehead atoms. The summed E-state index contributed by atoms with van der Waals surface area (Å²) in [6, 6.07) is 0. The fourth-order valence-corrected chi connectivity index (χ4v) is 1.18. The number of rotatable bonds is 9. The molecule has 0 heterocycles.